The predicted molar refractivity (Wildman–Crippen MR) is 115 cm³/mol. The first-order valence-electron chi connectivity index (χ1n) is 10.4. The zero-order chi connectivity index (χ0) is 21.3. The van der Waals surface area contributed by atoms with Gasteiger partial charge in [-0.1, -0.05) is 11.6 Å². The monoisotopic (exact) mass is 431 g/mol. The summed E-state index contributed by atoms with van der Waals surface area (Å²) in [5.41, 5.74) is 2.44. The standard InChI is InChI=1S/C23H26ClNO5/c1-3-29-22(27)17-14-25-19(12-20(17)26)16-11-18(24)21(30-9-5-8-28-2)10-15(16)13-23(25)6-4-7-23/h10-12,14H,3-9,13H2,1-2H3. The fraction of sp³-hybridized carbons (Fsp3) is 0.478. The highest BCUT2D eigenvalue weighted by molar-refractivity contribution is 6.32. The molecule has 6 nitrogen and oxygen atoms in total. The third kappa shape index (κ3) is 3.63. The molecule has 30 heavy (non-hydrogen) atoms. The normalized spacial score (nSPS) is 15.8. The van der Waals surface area contributed by atoms with Crippen LogP contribution >= 0.6 is 11.6 Å². The van der Waals surface area contributed by atoms with Gasteiger partial charge in [0.2, 0.25) is 0 Å². The van der Waals surface area contributed by atoms with Gasteiger partial charge in [-0.2, -0.15) is 0 Å². The zero-order valence-electron chi connectivity index (χ0n) is 17.3. The Kier molecular flexibility index (Phi) is 5.89. The van der Waals surface area contributed by atoms with Gasteiger partial charge in [0.25, 0.3) is 0 Å². The maximum Gasteiger partial charge on any atom is 0.343 e. The van der Waals surface area contributed by atoms with E-state index in [1.54, 1.807) is 26.3 Å². The molecule has 0 atom stereocenters. The fourth-order valence-electron chi connectivity index (χ4n) is 4.41. The van der Waals surface area contributed by atoms with Gasteiger partial charge in [-0.25, -0.2) is 4.79 Å². The van der Waals surface area contributed by atoms with Crippen LogP contribution in [0.15, 0.2) is 29.2 Å². The third-order valence-electron chi connectivity index (χ3n) is 6.05. The van der Waals surface area contributed by atoms with Crippen molar-refractivity contribution in [2.75, 3.05) is 26.9 Å². The maximum absolute atomic E-state index is 12.7. The van der Waals surface area contributed by atoms with Gasteiger partial charge in [-0.15, -0.1) is 0 Å². The van der Waals surface area contributed by atoms with Crippen molar-refractivity contribution in [2.45, 2.75) is 44.6 Å². The lowest BCUT2D eigenvalue weighted by atomic mass is 9.69. The first-order valence-corrected chi connectivity index (χ1v) is 10.8. The second kappa shape index (κ2) is 8.44. The summed E-state index contributed by atoms with van der Waals surface area (Å²) in [6.45, 7) is 3.12. The number of ether oxygens (including phenoxy) is 3. The summed E-state index contributed by atoms with van der Waals surface area (Å²) in [6.07, 6.45) is 6.38. The molecule has 160 valence electrons. The first-order chi connectivity index (χ1) is 14.5. The maximum atomic E-state index is 12.7. The molecule has 1 saturated carbocycles. The number of aromatic nitrogens is 1. The van der Waals surface area contributed by atoms with Gasteiger partial charge in [-0.05, 0) is 50.3 Å². The second-order valence-electron chi connectivity index (χ2n) is 7.92. The number of carbonyl (C=O) groups excluding carboxylic acids is 1. The number of nitrogens with zero attached hydrogens (tertiary/aromatic N) is 1. The lowest BCUT2D eigenvalue weighted by molar-refractivity contribution is 0.0521. The van der Waals surface area contributed by atoms with Crippen LogP contribution in [0.25, 0.3) is 11.3 Å². The van der Waals surface area contributed by atoms with Gasteiger partial charge in [0, 0.05) is 43.5 Å². The number of benzene rings is 1. The van der Waals surface area contributed by atoms with Crippen LogP contribution in [0.1, 0.15) is 48.5 Å². The molecule has 0 bridgehead atoms. The molecule has 0 saturated heterocycles. The predicted octanol–water partition coefficient (Wildman–Crippen LogP) is 4.20. The second-order valence-corrected chi connectivity index (χ2v) is 8.32. The number of halogens is 1. The van der Waals surface area contributed by atoms with E-state index in [4.69, 9.17) is 25.8 Å². The van der Waals surface area contributed by atoms with Gasteiger partial charge < -0.3 is 18.8 Å². The first kappa shape index (κ1) is 20.9. The highest BCUT2D eigenvalue weighted by Crippen LogP contribution is 2.50. The third-order valence-corrected chi connectivity index (χ3v) is 6.34. The number of fused-ring (bicyclic) bond motifs is 4. The van der Waals surface area contributed by atoms with Crippen molar-refractivity contribution in [1.82, 2.24) is 4.57 Å². The topological polar surface area (TPSA) is 66.8 Å². The van der Waals surface area contributed by atoms with Crippen LogP contribution in [0, 0.1) is 0 Å². The lowest BCUT2D eigenvalue weighted by Gasteiger charge is -2.48. The van der Waals surface area contributed by atoms with E-state index in [-0.39, 0.29) is 23.1 Å². The minimum Gasteiger partial charge on any atom is -0.492 e. The molecule has 4 rings (SSSR count). The average molecular weight is 432 g/mol. The molecule has 1 spiro atoms. The Bertz CT molecular complexity index is 1020. The van der Waals surface area contributed by atoms with Crippen molar-refractivity contribution >= 4 is 17.6 Å². The highest BCUT2D eigenvalue weighted by Gasteiger charge is 2.43. The van der Waals surface area contributed by atoms with Crippen LogP contribution in [0.5, 0.6) is 5.75 Å². The van der Waals surface area contributed by atoms with E-state index < -0.39 is 5.97 Å². The molecule has 0 radical (unpaired) electrons. The van der Waals surface area contributed by atoms with Crippen molar-refractivity contribution in [3.63, 3.8) is 0 Å². The summed E-state index contributed by atoms with van der Waals surface area (Å²) >= 11 is 6.50. The van der Waals surface area contributed by atoms with E-state index in [0.717, 1.165) is 48.9 Å². The highest BCUT2D eigenvalue weighted by atomic mass is 35.5. The van der Waals surface area contributed by atoms with Crippen LogP contribution < -0.4 is 10.2 Å². The Balaban J connectivity index is 1.76. The SMILES string of the molecule is CCOC(=O)c1cn2c(cc1=O)-c1cc(Cl)c(OCCCOC)cc1CC21CCC1. The van der Waals surface area contributed by atoms with E-state index in [9.17, 15) is 9.59 Å². The van der Waals surface area contributed by atoms with E-state index in [2.05, 4.69) is 4.57 Å². The van der Waals surface area contributed by atoms with E-state index in [1.807, 2.05) is 12.1 Å². The van der Waals surface area contributed by atoms with Crippen molar-refractivity contribution in [2.24, 2.45) is 0 Å². The number of pyridine rings is 1. The summed E-state index contributed by atoms with van der Waals surface area (Å²) in [5, 5.41) is 0.504. The molecule has 1 aliphatic carbocycles. The average Bonchev–Trinajstić information content (AvgIpc) is 2.69. The molecule has 1 aliphatic heterocycles. The minimum absolute atomic E-state index is 0.0829. The molecule has 1 aromatic carbocycles. The summed E-state index contributed by atoms with van der Waals surface area (Å²) in [7, 11) is 1.66. The molecule has 2 aromatic rings. The Morgan fingerprint density at radius 1 is 1.23 bits per heavy atom. The molecule has 7 heteroatoms. The van der Waals surface area contributed by atoms with Gasteiger partial charge in [0.1, 0.15) is 11.3 Å². The van der Waals surface area contributed by atoms with E-state index in [0.29, 0.717) is 24.0 Å². The zero-order valence-corrected chi connectivity index (χ0v) is 18.1. The smallest absolute Gasteiger partial charge is 0.343 e. The van der Waals surface area contributed by atoms with Crippen LogP contribution in [0.2, 0.25) is 5.02 Å². The van der Waals surface area contributed by atoms with Crippen LogP contribution in [-0.4, -0.2) is 37.5 Å². The number of methoxy groups -OCH3 is 1. The molecule has 1 fully saturated rings. The molecular weight excluding hydrogens is 406 g/mol. The quantitative estimate of drug-likeness (QED) is 0.485. The Morgan fingerprint density at radius 2 is 2.03 bits per heavy atom. The Hall–Kier alpha value is -2.31. The number of hydrogen-bond donors (Lipinski definition) is 0. The van der Waals surface area contributed by atoms with Crippen molar-refractivity contribution in [3.8, 4) is 17.0 Å². The Morgan fingerprint density at radius 3 is 2.70 bits per heavy atom. The van der Waals surface area contributed by atoms with Crippen LogP contribution in [-0.2, 0) is 21.4 Å². The molecule has 0 amide bonds. The number of carbonyl (C=O) groups is 1. The summed E-state index contributed by atoms with van der Waals surface area (Å²) in [5.74, 6) is 0.0795. The number of esters is 1. The van der Waals surface area contributed by atoms with E-state index in [1.165, 1.54) is 0 Å². The van der Waals surface area contributed by atoms with Crippen molar-refractivity contribution in [1.29, 1.82) is 0 Å². The molecular formula is C23H26ClNO5. The summed E-state index contributed by atoms with van der Waals surface area (Å²) in [6, 6.07) is 5.40. The summed E-state index contributed by atoms with van der Waals surface area (Å²) in [4.78, 5) is 25.0. The summed E-state index contributed by atoms with van der Waals surface area (Å²) < 4.78 is 18.1. The largest absolute Gasteiger partial charge is 0.492 e. The Labute approximate surface area is 180 Å². The van der Waals surface area contributed by atoms with Crippen LogP contribution in [0.3, 0.4) is 0 Å². The lowest BCUT2D eigenvalue weighted by Crippen LogP contribution is -2.46. The molecule has 0 unspecified atom stereocenters. The van der Waals surface area contributed by atoms with Crippen molar-refractivity contribution in [3.05, 3.63) is 50.8 Å². The van der Waals surface area contributed by atoms with E-state index >= 15 is 0 Å². The van der Waals surface area contributed by atoms with Gasteiger partial charge in [0.05, 0.1) is 23.9 Å². The minimum atomic E-state index is -0.573. The van der Waals surface area contributed by atoms with Gasteiger partial charge in [0.15, 0.2) is 5.43 Å². The molecule has 1 aromatic heterocycles. The molecule has 2 aliphatic rings. The van der Waals surface area contributed by atoms with Gasteiger partial charge in [-0.3, -0.25) is 4.79 Å². The fourth-order valence-corrected chi connectivity index (χ4v) is 4.63. The molecule has 2 heterocycles. The molecule has 0 N–H and O–H groups in total. The van der Waals surface area contributed by atoms with Crippen molar-refractivity contribution < 1.29 is 19.0 Å². The van der Waals surface area contributed by atoms with Crippen LogP contribution in [0.4, 0.5) is 0 Å². The number of rotatable bonds is 7. The van der Waals surface area contributed by atoms with Gasteiger partial charge >= 0.3 is 5.97 Å². The number of hydrogen-bond acceptors (Lipinski definition) is 5.